The number of benzene rings is 2. The van der Waals surface area contributed by atoms with Gasteiger partial charge in [0.05, 0.1) is 18.8 Å². The molecule has 0 bridgehead atoms. The van der Waals surface area contributed by atoms with Crippen LogP contribution in [0.1, 0.15) is 16.7 Å². The average Bonchev–Trinajstić information content (AvgIpc) is 2.56. The van der Waals surface area contributed by atoms with Gasteiger partial charge in [-0.2, -0.15) is 0 Å². The maximum Gasteiger partial charge on any atom is 0.236 e. The zero-order valence-corrected chi connectivity index (χ0v) is 15.8. The summed E-state index contributed by atoms with van der Waals surface area (Å²) in [6.45, 7) is 2.85. The largest absolute Gasteiger partial charge is 0.383 e. The molecule has 2 aromatic carbocycles. The van der Waals surface area contributed by atoms with E-state index in [2.05, 4.69) is 10.0 Å². The Kier molecular flexibility index (Phi) is 7.17. The predicted molar refractivity (Wildman–Crippen MR) is 102 cm³/mol. The Morgan fingerprint density at radius 3 is 2.46 bits per heavy atom. The number of hydrogen-bond acceptors (Lipinski definition) is 4. The number of nitrogens with one attached hydrogen (secondary N) is 2. The number of rotatable bonds is 9. The maximum atomic E-state index is 12.3. The van der Waals surface area contributed by atoms with Crippen molar-refractivity contribution in [3.8, 4) is 0 Å². The molecule has 0 aliphatic heterocycles. The molecule has 0 aliphatic rings. The summed E-state index contributed by atoms with van der Waals surface area (Å²) >= 11 is 0. The third kappa shape index (κ3) is 6.85. The fraction of sp³-hybridized carbons (Fsp3) is 0.316. The molecular formula is C19H24N2O4S. The van der Waals surface area contributed by atoms with Gasteiger partial charge in [0.25, 0.3) is 0 Å². The molecule has 6 nitrogen and oxygen atoms in total. The lowest BCUT2D eigenvalue weighted by Crippen LogP contribution is -2.28. The smallest absolute Gasteiger partial charge is 0.236 e. The molecule has 0 spiro atoms. The number of aryl methyl sites for hydroxylation is 1. The van der Waals surface area contributed by atoms with E-state index in [1.165, 1.54) is 0 Å². The average molecular weight is 376 g/mol. The molecule has 0 aromatic heterocycles. The number of carbonyl (C=O) groups excluding carboxylic acids is 1. The predicted octanol–water partition coefficient (Wildman–Crippen LogP) is 2.24. The van der Waals surface area contributed by atoms with E-state index in [0.29, 0.717) is 18.8 Å². The summed E-state index contributed by atoms with van der Waals surface area (Å²) in [5, 5.41) is 2.74. The first-order chi connectivity index (χ1) is 12.4. The molecule has 0 fully saturated rings. The van der Waals surface area contributed by atoms with Gasteiger partial charge >= 0.3 is 0 Å². The number of amides is 1. The van der Waals surface area contributed by atoms with Crippen molar-refractivity contribution in [2.45, 2.75) is 19.1 Å². The van der Waals surface area contributed by atoms with Crippen molar-refractivity contribution < 1.29 is 17.9 Å². The number of sulfonamides is 1. The van der Waals surface area contributed by atoms with Crippen molar-refractivity contribution >= 4 is 21.6 Å². The minimum absolute atomic E-state index is 0.0850. The van der Waals surface area contributed by atoms with Gasteiger partial charge in [0.2, 0.25) is 15.9 Å². The first-order valence-electron chi connectivity index (χ1n) is 8.28. The van der Waals surface area contributed by atoms with Gasteiger partial charge in [-0.1, -0.05) is 42.0 Å². The molecule has 140 valence electrons. The summed E-state index contributed by atoms with van der Waals surface area (Å²) in [4.78, 5) is 11.8. The standard InChI is InChI=1S/C19H24N2O4S/c1-15-4-3-5-17(12-15)14-26(23,24)21-18-8-6-16(7-9-18)13-19(22)20-10-11-25-2/h3-9,12,21H,10-11,13-14H2,1-2H3,(H,20,22). The molecule has 2 N–H and O–H groups in total. The summed E-state index contributed by atoms with van der Waals surface area (Å²) in [6, 6.07) is 14.2. The van der Waals surface area contributed by atoms with Gasteiger partial charge in [0.1, 0.15) is 0 Å². The van der Waals surface area contributed by atoms with E-state index in [4.69, 9.17) is 4.74 Å². The van der Waals surface area contributed by atoms with E-state index in [1.807, 2.05) is 25.1 Å². The fourth-order valence-electron chi connectivity index (χ4n) is 2.47. The number of anilines is 1. The molecule has 0 heterocycles. The summed E-state index contributed by atoms with van der Waals surface area (Å²) < 4.78 is 32.0. The summed E-state index contributed by atoms with van der Waals surface area (Å²) in [6.07, 6.45) is 0.236. The SMILES string of the molecule is COCCNC(=O)Cc1ccc(NS(=O)(=O)Cc2cccc(C)c2)cc1. The van der Waals surface area contributed by atoms with Gasteiger partial charge in [0, 0.05) is 19.3 Å². The van der Waals surface area contributed by atoms with Gasteiger partial charge in [-0.25, -0.2) is 8.42 Å². The van der Waals surface area contributed by atoms with Crippen molar-refractivity contribution in [2.24, 2.45) is 0 Å². The van der Waals surface area contributed by atoms with Crippen LogP contribution in [0.25, 0.3) is 0 Å². The molecule has 26 heavy (non-hydrogen) atoms. The normalized spacial score (nSPS) is 11.2. The molecule has 2 aromatic rings. The molecule has 2 rings (SSSR count). The highest BCUT2D eigenvalue weighted by Crippen LogP contribution is 2.15. The lowest BCUT2D eigenvalue weighted by atomic mass is 10.1. The second kappa shape index (κ2) is 9.35. The Morgan fingerprint density at radius 1 is 1.08 bits per heavy atom. The number of hydrogen-bond donors (Lipinski definition) is 2. The van der Waals surface area contributed by atoms with Gasteiger partial charge in [0.15, 0.2) is 0 Å². The second-order valence-corrected chi connectivity index (χ2v) is 7.79. The summed E-state index contributed by atoms with van der Waals surface area (Å²) in [5.74, 6) is -0.187. The van der Waals surface area contributed by atoms with Crippen LogP contribution in [0.3, 0.4) is 0 Å². The first-order valence-corrected chi connectivity index (χ1v) is 9.94. The van der Waals surface area contributed by atoms with Crippen LogP contribution >= 0.6 is 0 Å². The van der Waals surface area contributed by atoms with Crippen LogP contribution in [0.2, 0.25) is 0 Å². The quantitative estimate of drug-likeness (QED) is 0.658. The number of carbonyl (C=O) groups is 1. The molecule has 0 saturated carbocycles. The number of methoxy groups -OCH3 is 1. The van der Waals surface area contributed by atoms with Gasteiger partial charge in [-0.05, 0) is 30.2 Å². The summed E-state index contributed by atoms with van der Waals surface area (Å²) in [5.41, 5.74) is 3.04. The van der Waals surface area contributed by atoms with E-state index < -0.39 is 10.0 Å². The minimum Gasteiger partial charge on any atom is -0.383 e. The Labute approximate surface area is 154 Å². The molecule has 0 saturated heterocycles. The van der Waals surface area contributed by atoms with Crippen LogP contribution in [0.4, 0.5) is 5.69 Å². The van der Waals surface area contributed by atoms with Crippen LogP contribution in [-0.4, -0.2) is 34.6 Å². The molecule has 0 unspecified atom stereocenters. The molecule has 0 radical (unpaired) electrons. The van der Waals surface area contributed by atoms with Crippen LogP contribution in [0.15, 0.2) is 48.5 Å². The fourth-order valence-corrected chi connectivity index (χ4v) is 3.65. The van der Waals surface area contributed by atoms with Crippen molar-refractivity contribution in [1.29, 1.82) is 0 Å². The summed E-state index contributed by atoms with van der Waals surface area (Å²) in [7, 11) is -1.92. The highest BCUT2D eigenvalue weighted by molar-refractivity contribution is 7.91. The van der Waals surface area contributed by atoms with Crippen molar-refractivity contribution in [2.75, 3.05) is 25.0 Å². The molecule has 0 aliphatic carbocycles. The van der Waals surface area contributed by atoms with E-state index in [1.54, 1.807) is 37.4 Å². The Morgan fingerprint density at radius 2 is 1.81 bits per heavy atom. The van der Waals surface area contributed by atoms with Gasteiger partial charge in [-0.15, -0.1) is 0 Å². The first kappa shape index (κ1) is 19.9. The van der Waals surface area contributed by atoms with Crippen LogP contribution < -0.4 is 10.0 Å². The van der Waals surface area contributed by atoms with Crippen molar-refractivity contribution in [1.82, 2.24) is 5.32 Å². The Hall–Kier alpha value is -2.38. The maximum absolute atomic E-state index is 12.3. The molecule has 7 heteroatoms. The van der Waals surface area contributed by atoms with E-state index >= 15 is 0 Å². The zero-order valence-electron chi connectivity index (χ0n) is 15.0. The monoisotopic (exact) mass is 376 g/mol. The van der Waals surface area contributed by atoms with Gasteiger partial charge < -0.3 is 10.1 Å². The van der Waals surface area contributed by atoms with Crippen LogP contribution in [0.5, 0.6) is 0 Å². The van der Waals surface area contributed by atoms with Crippen LogP contribution in [0, 0.1) is 6.92 Å². The third-order valence-corrected chi connectivity index (χ3v) is 4.92. The van der Waals surface area contributed by atoms with Crippen molar-refractivity contribution in [3.05, 3.63) is 65.2 Å². The van der Waals surface area contributed by atoms with Crippen molar-refractivity contribution in [3.63, 3.8) is 0 Å². The van der Waals surface area contributed by atoms with E-state index in [0.717, 1.165) is 16.7 Å². The molecular weight excluding hydrogens is 352 g/mol. The third-order valence-electron chi connectivity index (χ3n) is 3.66. The Balaban J connectivity index is 1.92. The second-order valence-electron chi connectivity index (χ2n) is 6.07. The highest BCUT2D eigenvalue weighted by atomic mass is 32.2. The lowest BCUT2D eigenvalue weighted by Gasteiger charge is -2.10. The molecule has 0 atom stereocenters. The van der Waals surface area contributed by atoms with E-state index in [-0.39, 0.29) is 18.1 Å². The molecule has 1 amide bonds. The Bertz CT molecular complexity index is 833. The van der Waals surface area contributed by atoms with Gasteiger partial charge in [-0.3, -0.25) is 9.52 Å². The topological polar surface area (TPSA) is 84.5 Å². The van der Waals surface area contributed by atoms with E-state index in [9.17, 15) is 13.2 Å². The van der Waals surface area contributed by atoms with Crippen LogP contribution in [-0.2, 0) is 31.7 Å². The highest BCUT2D eigenvalue weighted by Gasteiger charge is 2.12. The zero-order chi connectivity index (χ0) is 19.0. The lowest BCUT2D eigenvalue weighted by molar-refractivity contribution is -0.120. The number of ether oxygens (including phenoxy) is 1. The minimum atomic E-state index is -3.50.